The number of amides is 1. The Morgan fingerprint density at radius 3 is 2.68 bits per heavy atom. The van der Waals surface area contributed by atoms with Crippen molar-refractivity contribution in [1.29, 1.82) is 0 Å². The Bertz CT molecular complexity index is 822. The Balaban J connectivity index is 1.52. The summed E-state index contributed by atoms with van der Waals surface area (Å²) in [5, 5.41) is 11.7. The Kier molecular flexibility index (Phi) is 4.79. The van der Waals surface area contributed by atoms with Gasteiger partial charge in [-0.05, 0) is 48.1 Å². The molecule has 4 nitrogen and oxygen atoms in total. The first-order valence-electron chi connectivity index (χ1n) is 8.01. The molecule has 6 heteroatoms. The molecule has 2 aromatic carbocycles. The molecule has 0 heterocycles. The molecule has 1 aliphatic rings. The Labute approximate surface area is 143 Å². The zero-order chi connectivity index (χ0) is 18.0. The van der Waals surface area contributed by atoms with Gasteiger partial charge in [0.25, 0.3) is 0 Å². The molecular formula is C19H17F2NO3. The molecule has 1 amide bonds. The van der Waals surface area contributed by atoms with Crippen molar-refractivity contribution in [2.24, 2.45) is 5.92 Å². The van der Waals surface area contributed by atoms with Crippen LogP contribution in [0.1, 0.15) is 33.8 Å². The summed E-state index contributed by atoms with van der Waals surface area (Å²) in [6.07, 6.45) is 0.999. The van der Waals surface area contributed by atoms with Crippen LogP contribution in [-0.2, 0) is 11.2 Å². The van der Waals surface area contributed by atoms with E-state index in [1.165, 1.54) is 18.2 Å². The summed E-state index contributed by atoms with van der Waals surface area (Å²) in [5.41, 5.74) is 1.26. The predicted octanol–water partition coefficient (Wildman–Crippen LogP) is 3.13. The molecule has 2 aromatic rings. The molecule has 3 rings (SSSR count). The van der Waals surface area contributed by atoms with E-state index in [0.717, 1.165) is 11.6 Å². The van der Waals surface area contributed by atoms with Crippen molar-refractivity contribution in [3.05, 3.63) is 70.8 Å². The van der Waals surface area contributed by atoms with Crippen molar-refractivity contribution in [1.82, 2.24) is 5.32 Å². The fraction of sp³-hybridized carbons (Fsp3) is 0.263. The molecule has 1 aliphatic carbocycles. The summed E-state index contributed by atoms with van der Waals surface area (Å²) in [7, 11) is 0. The van der Waals surface area contributed by atoms with Crippen LogP contribution in [0, 0.1) is 17.6 Å². The highest BCUT2D eigenvalue weighted by molar-refractivity contribution is 5.87. The summed E-state index contributed by atoms with van der Waals surface area (Å²) < 4.78 is 27.0. The average molecular weight is 345 g/mol. The Morgan fingerprint density at radius 2 is 1.92 bits per heavy atom. The highest BCUT2D eigenvalue weighted by atomic mass is 19.2. The van der Waals surface area contributed by atoms with E-state index in [9.17, 15) is 18.4 Å². The van der Waals surface area contributed by atoms with E-state index in [4.69, 9.17) is 5.11 Å². The lowest BCUT2D eigenvalue weighted by molar-refractivity contribution is -0.122. The molecule has 0 bridgehead atoms. The summed E-state index contributed by atoms with van der Waals surface area (Å²) in [6, 6.07) is 10.5. The van der Waals surface area contributed by atoms with E-state index in [1.807, 2.05) is 0 Å². The van der Waals surface area contributed by atoms with Gasteiger partial charge in [0.1, 0.15) is 0 Å². The number of hydrogen-bond acceptors (Lipinski definition) is 2. The lowest BCUT2D eigenvalue weighted by Gasteiger charge is -2.07. The number of aromatic carboxylic acids is 1. The standard InChI is InChI=1S/C19H17F2NO3/c20-16-6-2-5-13(17(16)21)14-10-15(14)18(23)22-8-7-11-3-1-4-12(9-11)19(24)25/h1-6,9,14-15H,7-8,10H2,(H,22,23)(H,24,25). The Morgan fingerprint density at radius 1 is 1.16 bits per heavy atom. The van der Waals surface area contributed by atoms with E-state index >= 15 is 0 Å². The normalized spacial score (nSPS) is 18.6. The Hall–Kier alpha value is -2.76. The van der Waals surface area contributed by atoms with Gasteiger partial charge in [0.2, 0.25) is 5.91 Å². The van der Waals surface area contributed by atoms with Gasteiger partial charge in [-0.15, -0.1) is 0 Å². The van der Waals surface area contributed by atoms with E-state index in [-0.39, 0.29) is 28.9 Å². The van der Waals surface area contributed by atoms with Crippen LogP contribution < -0.4 is 5.32 Å². The van der Waals surface area contributed by atoms with Crippen molar-refractivity contribution < 1.29 is 23.5 Å². The molecule has 1 saturated carbocycles. The minimum atomic E-state index is -0.996. The molecule has 1 fully saturated rings. The average Bonchev–Trinajstić information content (AvgIpc) is 3.38. The minimum Gasteiger partial charge on any atom is -0.478 e. The molecule has 0 spiro atoms. The van der Waals surface area contributed by atoms with E-state index in [2.05, 4.69) is 5.32 Å². The first kappa shape index (κ1) is 17.1. The van der Waals surface area contributed by atoms with Gasteiger partial charge in [-0.3, -0.25) is 4.79 Å². The smallest absolute Gasteiger partial charge is 0.335 e. The molecule has 2 N–H and O–H groups in total. The SMILES string of the molecule is O=C(O)c1cccc(CCNC(=O)C2CC2c2cccc(F)c2F)c1. The van der Waals surface area contributed by atoms with Gasteiger partial charge < -0.3 is 10.4 Å². The van der Waals surface area contributed by atoms with Crippen LogP contribution in [0.3, 0.4) is 0 Å². The highest BCUT2D eigenvalue weighted by Crippen LogP contribution is 2.48. The summed E-state index contributed by atoms with van der Waals surface area (Å²) in [4.78, 5) is 23.1. The number of carbonyl (C=O) groups excluding carboxylic acids is 1. The molecule has 0 aromatic heterocycles. The second-order valence-electron chi connectivity index (χ2n) is 6.14. The van der Waals surface area contributed by atoms with Crippen LogP contribution in [0.15, 0.2) is 42.5 Å². The summed E-state index contributed by atoms with van der Waals surface area (Å²) in [5.74, 6) is -3.60. The van der Waals surface area contributed by atoms with Crippen LogP contribution in [-0.4, -0.2) is 23.5 Å². The number of benzene rings is 2. The minimum absolute atomic E-state index is 0.192. The third kappa shape index (κ3) is 3.84. The number of rotatable bonds is 6. The topological polar surface area (TPSA) is 66.4 Å². The second kappa shape index (κ2) is 7.01. The van der Waals surface area contributed by atoms with E-state index in [1.54, 1.807) is 18.2 Å². The lowest BCUT2D eigenvalue weighted by atomic mass is 10.1. The van der Waals surface area contributed by atoms with Crippen LogP contribution >= 0.6 is 0 Å². The zero-order valence-electron chi connectivity index (χ0n) is 13.3. The fourth-order valence-electron chi connectivity index (χ4n) is 2.96. The van der Waals surface area contributed by atoms with Crippen molar-refractivity contribution in [2.45, 2.75) is 18.8 Å². The lowest BCUT2D eigenvalue weighted by Crippen LogP contribution is -2.27. The van der Waals surface area contributed by atoms with Gasteiger partial charge >= 0.3 is 5.97 Å². The molecule has 2 unspecified atom stereocenters. The van der Waals surface area contributed by atoms with Gasteiger partial charge in [0, 0.05) is 12.5 Å². The van der Waals surface area contributed by atoms with Crippen molar-refractivity contribution >= 4 is 11.9 Å². The molecule has 0 saturated heterocycles. The summed E-state index contributed by atoms with van der Waals surface area (Å²) >= 11 is 0. The third-order valence-corrected chi connectivity index (χ3v) is 4.39. The van der Waals surface area contributed by atoms with Crippen LogP contribution in [0.5, 0.6) is 0 Å². The molecule has 130 valence electrons. The first-order chi connectivity index (χ1) is 12.0. The monoisotopic (exact) mass is 345 g/mol. The quantitative estimate of drug-likeness (QED) is 0.845. The maximum absolute atomic E-state index is 13.8. The molecule has 25 heavy (non-hydrogen) atoms. The van der Waals surface area contributed by atoms with Crippen molar-refractivity contribution in [2.75, 3.05) is 6.54 Å². The number of halogens is 2. The van der Waals surface area contributed by atoms with Gasteiger partial charge in [0.15, 0.2) is 11.6 Å². The van der Waals surface area contributed by atoms with E-state index < -0.39 is 17.6 Å². The summed E-state index contributed by atoms with van der Waals surface area (Å²) in [6.45, 7) is 0.358. The third-order valence-electron chi connectivity index (χ3n) is 4.39. The number of hydrogen-bond donors (Lipinski definition) is 2. The predicted molar refractivity (Wildman–Crippen MR) is 87.3 cm³/mol. The van der Waals surface area contributed by atoms with Gasteiger partial charge in [0.05, 0.1) is 5.56 Å². The van der Waals surface area contributed by atoms with Gasteiger partial charge in [-0.2, -0.15) is 0 Å². The van der Waals surface area contributed by atoms with Crippen LogP contribution in [0.2, 0.25) is 0 Å². The fourth-order valence-corrected chi connectivity index (χ4v) is 2.96. The number of carboxylic acid groups (broad SMARTS) is 1. The highest BCUT2D eigenvalue weighted by Gasteiger charge is 2.45. The largest absolute Gasteiger partial charge is 0.478 e. The number of carboxylic acids is 1. The first-order valence-corrected chi connectivity index (χ1v) is 8.01. The van der Waals surface area contributed by atoms with Gasteiger partial charge in [-0.25, -0.2) is 13.6 Å². The van der Waals surface area contributed by atoms with Crippen molar-refractivity contribution in [3.8, 4) is 0 Å². The number of carbonyl (C=O) groups is 2. The van der Waals surface area contributed by atoms with Crippen LogP contribution in [0.25, 0.3) is 0 Å². The molecule has 0 radical (unpaired) electrons. The van der Waals surface area contributed by atoms with E-state index in [0.29, 0.717) is 19.4 Å². The molecule has 2 atom stereocenters. The molecule has 0 aliphatic heterocycles. The van der Waals surface area contributed by atoms with Crippen LogP contribution in [0.4, 0.5) is 8.78 Å². The maximum Gasteiger partial charge on any atom is 0.335 e. The second-order valence-corrected chi connectivity index (χ2v) is 6.14. The zero-order valence-corrected chi connectivity index (χ0v) is 13.3. The van der Waals surface area contributed by atoms with Gasteiger partial charge in [-0.1, -0.05) is 24.3 Å². The van der Waals surface area contributed by atoms with Crippen molar-refractivity contribution in [3.63, 3.8) is 0 Å². The molecular weight excluding hydrogens is 328 g/mol. The maximum atomic E-state index is 13.8. The number of nitrogens with one attached hydrogen (secondary N) is 1.